The predicted octanol–water partition coefficient (Wildman–Crippen LogP) is 3.05. The lowest BCUT2D eigenvalue weighted by molar-refractivity contribution is 0.504. The number of halogens is 3. The van der Waals surface area contributed by atoms with Crippen LogP contribution in [0.5, 0.6) is 0 Å². The topological polar surface area (TPSA) is 59.1 Å². The van der Waals surface area contributed by atoms with Crippen molar-refractivity contribution in [1.29, 1.82) is 0 Å². The molecule has 112 valence electrons. The number of nitrogens with one attached hydrogen (secondary N) is 1. The van der Waals surface area contributed by atoms with Crippen molar-refractivity contribution in [3.8, 4) is 0 Å². The Morgan fingerprint density at radius 1 is 1.24 bits per heavy atom. The number of sulfonamides is 1. The summed E-state index contributed by atoms with van der Waals surface area (Å²) >= 11 is 5.74. The summed E-state index contributed by atoms with van der Waals surface area (Å²) in [5.41, 5.74) is 0.289. The Labute approximate surface area is 125 Å². The highest BCUT2D eigenvalue weighted by Crippen LogP contribution is 2.22. The third-order valence-corrected chi connectivity index (χ3v) is 4.78. The quantitative estimate of drug-likeness (QED) is 0.875. The van der Waals surface area contributed by atoms with Crippen LogP contribution in [0, 0.1) is 11.6 Å². The lowest BCUT2D eigenvalue weighted by Gasteiger charge is -2.15. The molecule has 0 spiro atoms. The molecule has 2 aromatic rings. The molecule has 0 radical (unpaired) electrons. The van der Waals surface area contributed by atoms with Gasteiger partial charge in [-0.05, 0) is 36.8 Å². The molecule has 0 aliphatic heterocycles. The molecule has 0 fully saturated rings. The summed E-state index contributed by atoms with van der Waals surface area (Å²) in [6, 6.07) is 5.15. The molecule has 1 heterocycles. The molecule has 1 aromatic carbocycles. The summed E-state index contributed by atoms with van der Waals surface area (Å²) in [6.07, 6.45) is 1.36. The largest absolute Gasteiger partial charge is 0.244 e. The molecule has 0 aliphatic rings. The van der Waals surface area contributed by atoms with E-state index >= 15 is 0 Å². The van der Waals surface area contributed by atoms with Crippen LogP contribution in [0.2, 0.25) is 5.15 Å². The third kappa shape index (κ3) is 3.55. The minimum atomic E-state index is -3.92. The summed E-state index contributed by atoms with van der Waals surface area (Å²) in [5, 5.41) is -0.164. The first-order chi connectivity index (χ1) is 9.81. The second-order valence-electron chi connectivity index (χ2n) is 4.31. The first-order valence-corrected chi connectivity index (χ1v) is 7.75. The Morgan fingerprint density at radius 2 is 1.95 bits per heavy atom. The fourth-order valence-corrected chi connectivity index (χ4v) is 3.40. The fraction of sp³-hybridized carbons (Fsp3) is 0.154. The predicted molar refractivity (Wildman–Crippen MR) is 74.3 cm³/mol. The zero-order chi connectivity index (χ0) is 15.6. The molecule has 0 bridgehead atoms. The molecular formula is C13H11ClF2N2O2S. The highest BCUT2D eigenvalue weighted by molar-refractivity contribution is 7.89. The van der Waals surface area contributed by atoms with E-state index in [9.17, 15) is 17.2 Å². The molecule has 1 aromatic heterocycles. The third-order valence-electron chi connectivity index (χ3n) is 2.79. The second kappa shape index (κ2) is 6.05. The van der Waals surface area contributed by atoms with Gasteiger partial charge in [0.1, 0.15) is 10.0 Å². The zero-order valence-electron chi connectivity index (χ0n) is 10.8. The Kier molecular flexibility index (Phi) is 4.55. The monoisotopic (exact) mass is 332 g/mol. The molecule has 21 heavy (non-hydrogen) atoms. The van der Waals surface area contributed by atoms with Crippen LogP contribution in [0.4, 0.5) is 8.78 Å². The van der Waals surface area contributed by atoms with E-state index in [4.69, 9.17) is 11.6 Å². The Balaban J connectivity index is 2.28. The van der Waals surface area contributed by atoms with Gasteiger partial charge in [0.25, 0.3) is 0 Å². The maximum Gasteiger partial charge on any atom is 0.244 e. The second-order valence-corrected chi connectivity index (χ2v) is 6.35. The van der Waals surface area contributed by atoms with Crippen LogP contribution < -0.4 is 4.72 Å². The van der Waals surface area contributed by atoms with Gasteiger partial charge in [0, 0.05) is 12.2 Å². The molecule has 0 aliphatic carbocycles. The van der Waals surface area contributed by atoms with Crippen molar-refractivity contribution in [2.45, 2.75) is 17.9 Å². The van der Waals surface area contributed by atoms with E-state index < -0.39 is 27.7 Å². The summed E-state index contributed by atoms with van der Waals surface area (Å²) < 4.78 is 52.8. The van der Waals surface area contributed by atoms with Crippen LogP contribution in [0.25, 0.3) is 0 Å². The molecule has 0 amide bonds. The van der Waals surface area contributed by atoms with Crippen LogP contribution in [0.1, 0.15) is 18.5 Å². The zero-order valence-corrected chi connectivity index (χ0v) is 12.4. The fourth-order valence-electron chi connectivity index (χ4n) is 1.72. The Hall–Kier alpha value is -1.57. The van der Waals surface area contributed by atoms with E-state index in [1.54, 1.807) is 0 Å². The van der Waals surface area contributed by atoms with E-state index in [1.165, 1.54) is 31.3 Å². The Bertz CT molecular complexity index is 769. The lowest BCUT2D eigenvalue weighted by atomic mass is 10.1. The molecule has 4 nitrogen and oxygen atoms in total. The molecule has 0 unspecified atom stereocenters. The highest BCUT2D eigenvalue weighted by Gasteiger charge is 2.22. The number of hydrogen-bond donors (Lipinski definition) is 1. The molecule has 2 rings (SSSR count). The highest BCUT2D eigenvalue weighted by atomic mass is 35.5. The lowest BCUT2D eigenvalue weighted by Crippen LogP contribution is -2.27. The van der Waals surface area contributed by atoms with Gasteiger partial charge < -0.3 is 0 Å². The van der Waals surface area contributed by atoms with Crippen LogP contribution >= 0.6 is 11.6 Å². The minimum absolute atomic E-state index is 0.164. The van der Waals surface area contributed by atoms with Crippen molar-refractivity contribution >= 4 is 21.6 Å². The van der Waals surface area contributed by atoms with Crippen molar-refractivity contribution in [1.82, 2.24) is 9.71 Å². The Morgan fingerprint density at radius 3 is 2.57 bits per heavy atom. The van der Waals surface area contributed by atoms with Gasteiger partial charge in [0.15, 0.2) is 11.6 Å². The smallest absolute Gasteiger partial charge is 0.243 e. The van der Waals surface area contributed by atoms with Crippen molar-refractivity contribution in [2.24, 2.45) is 0 Å². The van der Waals surface area contributed by atoms with Gasteiger partial charge in [-0.3, -0.25) is 0 Å². The van der Waals surface area contributed by atoms with Gasteiger partial charge in [-0.2, -0.15) is 0 Å². The van der Waals surface area contributed by atoms with E-state index in [1.807, 2.05) is 0 Å². The molecule has 1 N–H and O–H groups in total. The number of benzene rings is 1. The van der Waals surface area contributed by atoms with E-state index in [0.717, 1.165) is 12.1 Å². The summed E-state index contributed by atoms with van der Waals surface area (Å²) in [5.74, 6) is -2.04. The van der Waals surface area contributed by atoms with Crippen LogP contribution in [-0.2, 0) is 10.0 Å². The number of aromatic nitrogens is 1. The van der Waals surface area contributed by atoms with Gasteiger partial charge in [0.2, 0.25) is 10.0 Å². The summed E-state index contributed by atoms with van der Waals surface area (Å²) in [4.78, 5) is 3.51. The SMILES string of the molecule is C[C@H](NS(=O)(=O)c1cccnc1Cl)c1ccc(F)c(F)c1. The summed E-state index contributed by atoms with van der Waals surface area (Å²) in [7, 11) is -3.92. The van der Waals surface area contributed by atoms with Gasteiger partial charge >= 0.3 is 0 Å². The number of rotatable bonds is 4. The normalized spacial score (nSPS) is 13.1. The minimum Gasteiger partial charge on any atom is -0.243 e. The number of pyridine rings is 1. The van der Waals surface area contributed by atoms with Crippen LogP contribution in [-0.4, -0.2) is 13.4 Å². The maximum absolute atomic E-state index is 13.2. The van der Waals surface area contributed by atoms with Crippen molar-refractivity contribution in [3.63, 3.8) is 0 Å². The number of nitrogens with zero attached hydrogens (tertiary/aromatic N) is 1. The van der Waals surface area contributed by atoms with Crippen molar-refractivity contribution in [3.05, 3.63) is 58.9 Å². The maximum atomic E-state index is 13.2. The van der Waals surface area contributed by atoms with E-state index in [2.05, 4.69) is 9.71 Å². The number of hydrogen-bond acceptors (Lipinski definition) is 3. The summed E-state index contributed by atoms with van der Waals surface area (Å²) in [6.45, 7) is 1.51. The van der Waals surface area contributed by atoms with Crippen LogP contribution in [0.3, 0.4) is 0 Å². The van der Waals surface area contributed by atoms with Gasteiger partial charge in [-0.25, -0.2) is 26.9 Å². The van der Waals surface area contributed by atoms with Gasteiger partial charge in [-0.1, -0.05) is 17.7 Å². The standard InChI is InChI=1S/C13H11ClF2N2O2S/c1-8(9-4-5-10(15)11(16)7-9)18-21(19,20)12-3-2-6-17-13(12)14/h2-8,18H,1H3/t8-/m0/s1. The van der Waals surface area contributed by atoms with E-state index in [0.29, 0.717) is 0 Å². The van der Waals surface area contributed by atoms with Crippen molar-refractivity contribution < 1.29 is 17.2 Å². The molecular weight excluding hydrogens is 322 g/mol. The van der Waals surface area contributed by atoms with Gasteiger partial charge in [0.05, 0.1) is 0 Å². The molecule has 0 saturated heterocycles. The van der Waals surface area contributed by atoms with Crippen LogP contribution in [0.15, 0.2) is 41.4 Å². The first kappa shape index (κ1) is 15.8. The van der Waals surface area contributed by atoms with Gasteiger partial charge in [-0.15, -0.1) is 0 Å². The van der Waals surface area contributed by atoms with Crippen molar-refractivity contribution in [2.75, 3.05) is 0 Å². The van der Waals surface area contributed by atoms with E-state index in [-0.39, 0.29) is 15.6 Å². The average molecular weight is 333 g/mol. The molecule has 0 saturated carbocycles. The molecule has 1 atom stereocenters. The first-order valence-electron chi connectivity index (χ1n) is 5.89. The average Bonchev–Trinajstić information content (AvgIpc) is 2.41. The molecule has 8 heteroatoms.